The maximum Gasteiger partial charge on any atom is 0.169 e. The van der Waals surface area contributed by atoms with Crippen LogP contribution < -0.4 is 5.32 Å². The Labute approximate surface area is 98.3 Å². The fourth-order valence-electron chi connectivity index (χ4n) is 2.43. The zero-order valence-corrected chi connectivity index (χ0v) is 10.4. The molecule has 0 aromatic heterocycles. The van der Waals surface area contributed by atoms with Crippen molar-refractivity contribution < 1.29 is 9.47 Å². The van der Waals surface area contributed by atoms with Crippen molar-refractivity contribution in [1.82, 2.24) is 10.2 Å². The second-order valence-corrected chi connectivity index (χ2v) is 4.85. The van der Waals surface area contributed by atoms with Gasteiger partial charge >= 0.3 is 0 Å². The van der Waals surface area contributed by atoms with Gasteiger partial charge in [-0.2, -0.15) is 0 Å². The molecule has 2 aliphatic rings. The molecule has 94 valence electrons. The topological polar surface area (TPSA) is 33.7 Å². The number of rotatable bonds is 6. The third kappa shape index (κ3) is 3.42. The molecule has 1 heterocycles. The van der Waals surface area contributed by atoms with Crippen LogP contribution in [0, 0.1) is 0 Å². The molecule has 16 heavy (non-hydrogen) atoms. The summed E-state index contributed by atoms with van der Waals surface area (Å²) in [5, 5.41) is 3.53. The summed E-state index contributed by atoms with van der Waals surface area (Å²) in [5.74, 6) is 0. The van der Waals surface area contributed by atoms with E-state index in [9.17, 15) is 0 Å². The highest BCUT2D eigenvalue weighted by atomic mass is 16.7. The van der Waals surface area contributed by atoms with Gasteiger partial charge < -0.3 is 19.7 Å². The van der Waals surface area contributed by atoms with Crippen LogP contribution in [0.3, 0.4) is 0 Å². The standard InChI is InChI=1S/C12H24N2O2/c1-15-12(16-2)9-13-10-5-7-14(8-6-10)11-3-4-11/h10-13H,3-9H2,1-2H3. The van der Waals surface area contributed by atoms with Crippen LogP contribution in [-0.2, 0) is 9.47 Å². The van der Waals surface area contributed by atoms with Gasteiger partial charge in [0.05, 0.1) is 0 Å². The van der Waals surface area contributed by atoms with Crippen LogP contribution in [0.4, 0.5) is 0 Å². The summed E-state index contributed by atoms with van der Waals surface area (Å²) in [6.45, 7) is 3.31. The van der Waals surface area contributed by atoms with Gasteiger partial charge in [0.2, 0.25) is 0 Å². The van der Waals surface area contributed by atoms with E-state index < -0.39 is 0 Å². The number of hydrogen-bond donors (Lipinski definition) is 1. The first-order chi connectivity index (χ1) is 7.83. The highest BCUT2D eigenvalue weighted by Gasteiger charge is 2.31. The van der Waals surface area contributed by atoms with Crippen LogP contribution in [0.25, 0.3) is 0 Å². The van der Waals surface area contributed by atoms with E-state index in [2.05, 4.69) is 10.2 Å². The third-order valence-corrected chi connectivity index (χ3v) is 3.69. The highest BCUT2D eigenvalue weighted by Crippen LogP contribution is 2.29. The van der Waals surface area contributed by atoms with Gasteiger partial charge in [-0.1, -0.05) is 0 Å². The molecule has 1 aliphatic carbocycles. The van der Waals surface area contributed by atoms with Gasteiger partial charge in [-0.25, -0.2) is 0 Å². The molecule has 1 saturated heterocycles. The molecule has 0 atom stereocenters. The van der Waals surface area contributed by atoms with Gasteiger partial charge in [0.1, 0.15) is 0 Å². The Morgan fingerprint density at radius 2 is 1.75 bits per heavy atom. The predicted molar refractivity (Wildman–Crippen MR) is 63.4 cm³/mol. The van der Waals surface area contributed by atoms with Gasteiger partial charge in [0, 0.05) is 32.8 Å². The van der Waals surface area contributed by atoms with Gasteiger partial charge in [0.15, 0.2) is 6.29 Å². The van der Waals surface area contributed by atoms with E-state index in [1.807, 2.05) is 0 Å². The minimum atomic E-state index is -0.110. The zero-order valence-electron chi connectivity index (χ0n) is 10.4. The smallest absolute Gasteiger partial charge is 0.169 e. The van der Waals surface area contributed by atoms with Crippen LogP contribution in [0.5, 0.6) is 0 Å². The number of hydrogen-bond acceptors (Lipinski definition) is 4. The third-order valence-electron chi connectivity index (χ3n) is 3.69. The molecule has 1 saturated carbocycles. The number of piperidine rings is 1. The molecule has 0 bridgehead atoms. The zero-order chi connectivity index (χ0) is 11.4. The quantitative estimate of drug-likeness (QED) is 0.683. The van der Waals surface area contributed by atoms with Crippen molar-refractivity contribution in [3.63, 3.8) is 0 Å². The molecule has 0 aromatic carbocycles. The lowest BCUT2D eigenvalue weighted by molar-refractivity contribution is -0.100. The first kappa shape index (κ1) is 12.3. The molecule has 0 aromatic rings. The first-order valence-corrected chi connectivity index (χ1v) is 6.36. The van der Waals surface area contributed by atoms with Crippen molar-refractivity contribution >= 4 is 0 Å². The average Bonchev–Trinajstić information content (AvgIpc) is 3.15. The van der Waals surface area contributed by atoms with E-state index >= 15 is 0 Å². The summed E-state index contributed by atoms with van der Waals surface area (Å²) in [4.78, 5) is 2.64. The number of nitrogens with zero attached hydrogens (tertiary/aromatic N) is 1. The van der Waals surface area contributed by atoms with Crippen molar-refractivity contribution in [2.75, 3.05) is 33.9 Å². The Balaban J connectivity index is 1.60. The van der Waals surface area contributed by atoms with E-state index in [0.29, 0.717) is 6.04 Å². The van der Waals surface area contributed by atoms with Crippen molar-refractivity contribution in [3.05, 3.63) is 0 Å². The highest BCUT2D eigenvalue weighted by molar-refractivity contribution is 4.88. The second kappa shape index (κ2) is 5.96. The minimum absolute atomic E-state index is 0.110. The minimum Gasteiger partial charge on any atom is -0.355 e. The number of nitrogens with one attached hydrogen (secondary N) is 1. The summed E-state index contributed by atoms with van der Waals surface area (Å²) in [7, 11) is 3.37. The van der Waals surface area contributed by atoms with Crippen LogP contribution in [0.1, 0.15) is 25.7 Å². The molecular weight excluding hydrogens is 204 g/mol. The summed E-state index contributed by atoms with van der Waals surface area (Å²) >= 11 is 0. The van der Waals surface area contributed by atoms with E-state index in [4.69, 9.17) is 9.47 Å². The van der Waals surface area contributed by atoms with Crippen molar-refractivity contribution in [2.45, 2.75) is 44.1 Å². The van der Waals surface area contributed by atoms with Gasteiger partial charge in [-0.15, -0.1) is 0 Å². The molecule has 0 spiro atoms. The van der Waals surface area contributed by atoms with Gasteiger partial charge in [-0.05, 0) is 38.8 Å². The molecule has 0 radical (unpaired) electrons. The fraction of sp³-hybridized carbons (Fsp3) is 1.00. The van der Waals surface area contributed by atoms with Crippen molar-refractivity contribution in [3.8, 4) is 0 Å². The van der Waals surface area contributed by atoms with Gasteiger partial charge in [0.25, 0.3) is 0 Å². The summed E-state index contributed by atoms with van der Waals surface area (Å²) in [6, 6.07) is 1.56. The van der Waals surface area contributed by atoms with Crippen molar-refractivity contribution in [2.24, 2.45) is 0 Å². The molecule has 0 amide bonds. The molecule has 4 nitrogen and oxygen atoms in total. The number of ether oxygens (including phenoxy) is 2. The van der Waals surface area contributed by atoms with E-state index in [0.717, 1.165) is 12.6 Å². The number of methoxy groups -OCH3 is 2. The Kier molecular flexibility index (Phi) is 4.58. The largest absolute Gasteiger partial charge is 0.355 e. The maximum absolute atomic E-state index is 5.16. The van der Waals surface area contributed by atoms with Crippen LogP contribution >= 0.6 is 0 Å². The molecule has 0 unspecified atom stereocenters. The van der Waals surface area contributed by atoms with Gasteiger partial charge in [-0.3, -0.25) is 0 Å². The van der Waals surface area contributed by atoms with E-state index in [1.54, 1.807) is 14.2 Å². The Bertz CT molecular complexity index is 197. The molecule has 2 fully saturated rings. The SMILES string of the molecule is COC(CNC1CCN(C2CC2)CC1)OC. The number of likely N-dealkylation sites (tertiary alicyclic amines) is 1. The summed E-state index contributed by atoms with van der Waals surface area (Å²) < 4.78 is 10.3. The van der Waals surface area contributed by atoms with E-state index in [-0.39, 0.29) is 6.29 Å². The monoisotopic (exact) mass is 228 g/mol. The second-order valence-electron chi connectivity index (χ2n) is 4.85. The van der Waals surface area contributed by atoms with E-state index in [1.165, 1.54) is 38.8 Å². The fourth-order valence-corrected chi connectivity index (χ4v) is 2.43. The Morgan fingerprint density at radius 3 is 2.25 bits per heavy atom. The normalized spacial score (nSPS) is 24.2. The molecule has 4 heteroatoms. The van der Waals surface area contributed by atoms with Crippen LogP contribution in [0.2, 0.25) is 0 Å². The predicted octanol–water partition coefficient (Wildman–Crippen LogP) is 0.822. The average molecular weight is 228 g/mol. The Hall–Kier alpha value is -0.160. The summed E-state index contributed by atoms with van der Waals surface area (Å²) in [6.07, 6.45) is 5.26. The lowest BCUT2D eigenvalue weighted by atomic mass is 10.1. The lowest BCUT2D eigenvalue weighted by Crippen LogP contribution is -2.45. The first-order valence-electron chi connectivity index (χ1n) is 6.36. The molecule has 2 rings (SSSR count). The molecular formula is C12H24N2O2. The summed E-state index contributed by atoms with van der Waals surface area (Å²) in [5.41, 5.74) is 0. The maximum atomic E-state index is 5.16. The van der Waals surface area contributed by atoms with Crippen LogP contribution in [0.15, 0.2) is 0 Å². The Morgan fingerprint density at radius 1 is 1.12 bits per heavy atom. The van der Waals surface area contributed by atoms with Crippen molar-refractivity contribution in [1.29, 1.82) is 0 Å². The molecule has 1 N–H and O–H groups in total. The molecule has 1 aliphatic heterocycles. The lowest BCUT2D eigenvalue weighted by Gasteiger charge is -2.33. The van der Waals surface area contributed by atoms with Crippen LogP contribution in [-0.4, -0.2) is 57.1 Å².